The van der Waals surface area contributed by atoms with Gasteiger partial charge in [0.2, 0.25) is 0 Å². The normalized spacial score (nSPS) is 12.8. The number of phenols is 1. The molecular formula is C9H12ClNO2. The molecule has 13 heavy (non-hydrogen) atoms. The Morgan fingerprint density at radius 1 is 1.62 bits per heavy atom. The van der Waals surface area contributed by atoms with Gasteiger partial charge in [0.15, 0.2) is 0 Å². The lowest BCUT2D eigenvalue weighted by Gasteiger charge is -2.12. The average molecular weight is 202 g/mol. The molecule has 0 aliphatic carbocycles. The zero-order chi connectivity index (χ0) is 9.84. The number of rotatable bonds is 3. The van der Waals surface area contributed by atoms with E-state index in [1.54, 1.807) is 19.2 Å². The maximum absolute atomic E-state index is 9.44. The van der Waals surface area contributed by atoms with Crippen LogP contribution in [0.2, 0.25) is 5.02 Å². The van der Waals surface area contributed by atoms with Crippen molar-refractivity contribution in [1.29, 1.82) is 0 Å². The Labute approximate surface area is 82.1 Å². The summed E-state index contributed by atoms with van der Waals surface area (Å²) in [5.41, 5.74) is 6.34. The third-order valence-corrected chi connectivity index (χ3v) is 1.97. The maximum Gasteiger partial charge on any atom is 0.120 e. The first-order chi connectivity index (χ1) is 6.15. The molecule has 0 unspecified atom stereocenters. The van der Waals surface area contributed by atoms with Gasteiger partial charge in [-0.1, -0.05) is 11.6 Å². The van der Waals surface area contributed by atoms with Gasteiger partial charge in [-0.2, -0.15) is 0 Å². The number of hydrogen-bond acceptors (Lipinski definition) is 3. The van der Waals surface area contributed by atoms with Crippen molar-refractivity contribution in [2.75, 3.05) is 13.7 Å². The Morgan fingerprint density at radius 2 is 2.31 bits per heavy atom. The first-order valence-electron chi connectivity index (χ1n) is 3.88. The van der Waals surface area contributed by atoms with Crippen LogP contribution in [0.3, 0.4) is 0 Å². The molecule has 0 aliphatic rings. The lowest BCUT2D eigenvalue weighted by molar-refractivity contribution is 0.180. The van der Waals surface area contributed by atoms with Crippen LogP contribution in [-0.4, -0.2) is 18.8 Å². The fourth-order valence-corrected chi connectivity index (χ4v) is 1.27. The number of phenolic OH excluding ortho intramolecular Hbond substituents is 1. The van der Waals surface area contributed by atoms with Crippen LogP contribution in [0.15, 0.2) is 18.2 Å². The molecule has 3 N–H and O–H groups in total. The molecule has 0 radical (unpaired) electrons. The summed E-state index contributed by atoms with van der Waals surface area (Å²) in [6, 6.07) is 4.43. The summed E-state index contributed by atoms with van der Waals surface area (Å²) >= 11 is 5.75. The molecule has 0 spiro atoms. The predicted octanol–water partition coefficient (Wildman–Crippen LogP) is 1.69. The molecule has 0 amide bonds. The van der Waals surface area contributed by atoms with Crippen LogP contribution >= 0.6 is 11.6 Å². The van der Waals surface area contributed by atoms with Gasteiger partial charge in [-0.25, -0.2) is 0 Å². The Hall–Kier alpha value is -0.770. The van der Waals surface area contributed by atoms with Crippen molar-refractivity contribution in [3.05, 3.63) is 28.8 Å². The highest BCUT2D eigenvalue weighted by Gasteiger charge is 2.10. The number of nitrogens with two attached hydrogens (primary N) is 1. The predicted molar refractivity (Wildman–Crippen MR) is 51.9 cm³/mol. The van der Waals surface area contributed by atoms with Crippen molar-refractivity contribution in [3.63, 3.8) is 0 Å². The molecule has 0 saturated carbocycles. The summed E-state index contributed by atoms with van der Waals surface area (Å²) < 4.78 is 4.87. The van der Waals surface area contributed by atoms with E-state index in [4.69, 9.17) is 22.1 Å². The van der Waals surface area contributed by atoms with Crippen LogP contribution in [0.25, 0.3) is 0 Å². The van der Waals surface area contributed by atoms with Crippen LogP contribution in [0.5, 0.6) is 5.75 Å². The van der Waals surface area contributed by atoms with Crippen molar-refractivity contribution in [3.8, 4) is 5.75 Å². The number of benzene rings is 1. The van der Waals surface area contributed by atoms with Gasteiger partial charge < -0.3 is 15.6 Å². The van der Waals surface area contributed by atoms with Crippen molar-refractivity contribution < 1.29 is 9.84 Å². The van der Waals surface area contributed by atoms with Gasteiger partial charge >= 0.3 is 0 Å². The summed E-state index contributed by atoms with van der Waals surface area (Å²) in [4.78, 5) is 0. The topological polar surface area (TPSA) is 55.5 Å². The van der Waals surface area contributed by atoms with Crippen LogP contribution in [-0.2, 0) is 4.74 Å². The number of methoxy groups -OCH3 is 1. The van der Waals surface area contributed by atoms with Crippen molar-refractivity contribution in [2.45, 2.75) is 6.04 Å². The van der Waals surface area contributed by atoms with Crippen LogP contribution < -0.4 is 5.73 Å². The first-order valence-corrected chi connectivity index (χ1v) is 4.26. The summed E-state index contributed by atoms with van der Waals surface area (Å²) in [6.07, 6.45) is 0. The van der Waals surface area contributed by atoms with Crippen molar-refractivity contribution >= 4 is 11.6 Å². The Bertz CT molecular complexity index is 291. The highest BCUT2D eigenvalue weighted by molar-refractivity contribution is 6.30. The second kappa shape index (κ2) is 4.46. The van der Waals surface area contributed by atoms with Gasteiger partial charge in [0.05, 0.1) is 12.6 Å². The van der Waals surface area contributed by atoms with Gasteiger partial charge in [0, 0.05) is 17.7 Å². The van der Waals surface area contributed by atoms with Gasteiger partial charge in [-0.05, 0) is 18.2 Å². The van der Waals surface area contributed by atoms with Gasteiger partial charge in [0.1, 0.15) is 5.75 Å². The van der Waals surface area contributed by atoms with Gasteiger partial charge in [-0.3, -0.25) is 0 Å². The Balaban J connectivity index is 2.91. The molecule has 0 aromatic heterocycles. The van der Waals surface area contributed by atoms with Crippen LogP contribution in [0.4, 0.5) is 0 Å². The largest absolute Gasteiger partial charge is 0.508 e. The standard InChI is InChI=1S/C9H12ClNO2/c1-13-5-8(11)7-4-6(10)2-3-9(7)12/h2-4,8,12H,5,11H2,1H3/t8-/m1/s1. The number of hydrogen-bond donors (Lipinski definition) is 2. The first kappa shape index (κ1) is 10.3. The maximum atomic E-state index is 9.44. The van der Waals surface area contributed by atoms with Crippen molar-refractivity contribution in [1.82, 2.24) is 0 Å². The van der Waals surface area contributed by atoms with E-state index in [0.29, 0.717) is 17.2 Å². The minimum atomic E-state index is -0.344. The van der Waals surface area contributed by atoms with E-state index in [2.05, 4.69) is 0 Å². The number of halogens is 1. The molecule has 1 aromatic rings. The van der Waals surface area contributed by atoms with E-state index in [9.17, 15) is 5.11 Å². The minimum Gasteiger partial charge on any atom is -0.508 e. The van der Waals surface area contributed by atoms with E-state index in [-0.39, 0.29) is 11.8 Å². The fourth-order valence-electron chi connectivity index (χ4n) is 1.09. The van der Waals surface area contributed by atoms with Gasteiger partial charge in [0.25, 0.3) is 0 Å². The summed E-state index contributed by atoms with van der Waals surface area (Å²) in [5, 5.41) is 9.99. The second-order valence-electron chi connectivity index (χ2n) is 2.76. The third kappa shape index (κ3) is 2.59. The quantitative estimate of drug-likeness (QED) is 0.783. The molecule has 0 bridgehead atoms. The molecule has 1 aromatic carbocycles. The van der Waals surface area contributed by atoms with E-state index >= 15 is 0 Å². The lowest BCUT2D eigenvalue weighted by Crippen LogP contribution is -2.16. The molecule has 0 heterocycles. The molecule has 0 aliphatic heterocycles. The lowest BCUT2D eigenvalue weighted by atomic mass is 10.1. The summed E-state index contributed by atoms with van der Waals surface area (Å²) in [5.74, 6) is 0.147. The molecule has 0 fully saturated rings. The van der Waals surface area contributed by atoms with Gasteiger partial charge in [-0.15, -0.1) is 0 Å². The van der Waals surface area contributed by atoms with E-state index in [1.807, 2.05) is 0 Å². The fraction of sp³-hybridized carbons (Fsp3) is 0.333. The van der Waals surface area contributed by atoms with Crippen LogP contribution in [0, 0.1) is 0 Å². The highest BCUT2D eigenvalue weighted by Crippen LogP contribution is 2.25. The van der Waals surface area contributed by atoms with Crippen LogP contribution in [0.1, 0.15) is 11.6 Å². The zero-order valence-electron chi connectivity index (χ0n) is 7.33. The Morgan fingerprint density at radius 3 is 2.92 bits per heavy atom. The molecule has 1 atom stereocenters. The van der Waals surface area contributed by atoms with E-state index in [0.717, 1.165) is 0 Å². The second-order valence-corrected chi connectivity index (χ2v) is 3.20. The molecule has 0 saturated heterocycles. The summed E-state index contributed by atoms with van der Waals surface area (Å²) in [6.45, 7) is 0.355. The highest BCUT2D eigenvalue weighted by atomic mass is 35.5. The average Bonchev–Trinajstić information content (AvgIpc) is 2.09. The SMILES string of the molecule is COC[C@@H](N)c1cc(Cl)ccc1O. The van der Waals surface area contributed by atoms with E-state index in [1.165, 1.54) is 6.07 Å². The zero-order valence-corrected chi connectivity index (χ0v) is 8.08. The third-order valence-electron chi connectivity index (χ3n) is 1.74. The molecular weight excluding hydrogens is 190 g/mol. The summed E-state index contributed by atoms with van der Waals surface area (Å²) in [7, 11) is 1.56. The monoisotopic (exact) mass is 201 g/mol. The molecule has 3 nitrogen and oxygen atoms in total. The van der Waals surface area contributed by atoms with Crippen molar-refractivity contribution in [2.24, 2.45) is 5.73 Å². The Kier molecular flexibility index (Phi) is 3.54. The van der Waals surface area contributed by atoms with E-state index < -0.39 is 0 Å². The molecule has 1 rings (SSSR count). The smallest absolute Gasteiger partial charge is 0.120 e. The minimum absolute atomic E-state index is 0.147. The number of ether oxygens (including phenoxy) is 1. The molecule has 72 valence electrons. The number of aromatic hydroxyl groups is 1. The molecule has 4 heteroatoms.